The molecule has 1 aliphatic carbocycles. The van der Waals surface area contributed by atoms with Crippen molar-refractivity contribution in [3.8, 4) is 6.07 Å². The molecule has 0 amide bonds. The molecule has 0 heterocycles. The number of nitriles is 1. The highest BCUT2D eigenvalue weighted by atomic mass is 79.9. The van der Waals surface area contributed by atoms with Gasteiger partial charge in [-0.25, -0.2) is 4.39 Å². The van der Waals surface area contributed by atoms with Crippen LogP contribution in [0.25, 0.3) is 0 Å². The second-order valence-electron chi connectivity index (χ2n) is 4.55. The summed E-state index contributed by atoms with van der Waals surface area (Å²) in [6.45, 7) is 0. The number of rotatable bonds is 2. The minimum Gasteiger partial charge on any atom is -0.207 e. The van der Waals surface area contributed by atoms with Crippen molar-refractivity contribution in [3.05, 3.63) is 34.1 Å². The summed E-state index contributed by atoms with van der Waals surface area (Å²) < 4.78 is 14.0. The normalized spacial score (nSPS) is 18.3. The van der Waals surface area contributed by atoms with Crippen molar-refractivity contribution in [1.29, 1.82) is 5.26 Å². The molecule has 0 spiro atoms. The average molecular weight is 282 g/mol. The van der Waals surface area contributed by atoms with Gasteiger partial charge in [-0.15, -0.1) is 0 Å². The maximum Gasteiger partial charge on any atom is 0.124 e. The van der Waals surface area contributed by atoms with Crippen LogP contribution in [0.15, 0.2) is 22.7 Å². The maximum absolute atomic E-state index is 13.2. The van der Waals surface area contributed by atoms with E-state index < -0.39 is 0 Å². The molecule has 0 N–H and O–H groups in total. The van der Waals surface area contributed by atoms with E-state index in [1.54, 1.807) is 0 Å². The first-order chi connectivity index (χ1) is 7.63. The monoisotopic (exact) mass is 281 g/mol. The van der Waals surface area contributed by atoms with E-state index in [9.17, 15) is 9.65 Å². The second-order valence-corrected chi connectivity index (χ2v) is 5.47. The van der Waals surface area contributed by atoms with E-state index in [0.717, 1.165) is 35.7 Å². The van der Waals surface area contributed by atoms with Crippen LogP contribution < -0.4 is 0 Å². The van der Waals surface area contributed by atoms with Crippen LogP contribution in [-0.4, -0.2) is 0 Å². The fourth-order valence-electron chi connectivity index (χ4n) is 2.48. The summed E-state index contributed by atoms with van der Waals surface area (Å²) in [5.41, 5.74) is 0.656. The predicted molar refractivity (Wildman–Crippen MR) is 64.3 cm³/mol. The van der Waals surface area contributed by atoms with E-state index in [1.807, 2.05) is 6.07 Å². The Morgan fingerprint density at radius 3 is 2.56 bits per heavy atom. The van der Waals surface area contributed by atoms with Gasteiger partial charge in [0.2, 0.25) is 0 Å². The molecule has 1 aliphatic rings. The molecule has 0 unspecified atom stereocenters. The number of halogens is 2. The van der Waals surface area contributed by atoms with Gasteiger partial charge in [0.25, 0.3) is 0 Å². The fraction of sp³-hybridized carbons (Fsp3) is 0.462. The van der Waals surface area contributed by atoms with E-state index in [1.165, 1.54) is 12.1 Å². The van der Waals surface area contributed by atoms with Crippen LogP contribution in [0, 0.1) is 22.6 Å². The number of hydrogen-bond acceptors (Lipinski definition) is 1. The highest BCUT2D eigenvalue weighted by Crippen LogP contribution is 2.40. The van der Waals surface area contributed by atoms with E-state index in [-0.39, 0.29) is 11.2 Å². The molecule has 0 saturated heterocycles. The molecule has 16 heavy (non-hydrogen) atoms. The van der Waals surface area contributed by atoms with Crippen LogP contribution in [0.2, 0.25) is 0 Å². The molecule has 2 rings (SSSR count). The lowest BCUT2D eigenvalue weighted by Gasteiger charge is -2.20. The van der Waals surface area contributed by atoms with Gasteiger partial charge in [0.1, 0.15) is 5.82 Å². The summed E-state index contributed by atoms with van der Waals surface area (Å²) in [7, 11) is 0. The summed E-state index contributed by atoms with van der Waals surface area (Å²) in [6, 6.07) is 7.30. The van der Waals surface area contributed by atoms with Gasteiger partial charge in [-0.05, 0) is 43.0 Å². The summed E-state index contributed by atoms with van der Waals surface area (Å²) in [6.07, 6.45) is 4.78. The zero-order valence-electron chi connectivity index (χ0n) is 8.97. The second kappa shape index (κ2) is 4.55. The Hall–Kier alpha value is -0.880. The molecule has 1 aromatic carbocycles. The van der Waals surface area contributed by atoms with Crippen molar-refractivity contribution in [2.75, 3.05) is 0 Å². The third-order valence-electron chi connectivity index (χ3n) is 3.26. The van der Waals surface area contributed by atoms with Gasteiger partial charge in [0.15, 0.2) is 0 Å². The molecule has 0 atom stereocenters. The van der Waals surface area contributed by atoms with Crippen molar-refractivity contribution in [3.63, 3.8) is 0 Å². The Bertz CT molecular complexity index is 410. The van der Waals surface area contributed by atoms with E-state index >= 15 is 0 Å². The number of hydrogen-bond donors (Lipinski definition) is 0. The zero-order chi connectivity index (χ0) is 11.6. The van der Waals surface area contributed by atoms with Crippen LogP contribution >= 0.6 is 15.9 Å². The van der Waals surface area contributed by atoms with Crippen molar-refractivity contribution in [2.45, 2.75) is 32.1 Å². The minimum atomic E-state index is -0.257. The van der Waals surface area contributed by atoms with Gasteiger partial charge in [-0.1, -0.05) is 28.8 Å². The molecule has 3 heteroatoms. The van der Waals surface area contributed by atoms with Gasteiger partial charge in [-0.3, -0.25) is 0 Å². The number of benzene rings is 1. The van der Waals surface area contributed by atoms with Crippen LogP contribution in [0.3, 0.4) is 0 Å². The fourth-order valence-corrected chi connectivity index (χ4v) is 3.00. The molecule has 1 fully saturated rings. The van der Waals surface area contributed by atoms with Crippen molar-refractivity contribution < 1.29 is 4.39 Å². The first-order valence-corrected chi connectivity index (χ1v) is 6.29. The largest absolute Gasteiger partial charge is 0.207 e. The summed E-state index contributed by atoms with van der Waals surface area (Å²) in [4.78, 5) is 0. The van der Waals surface area contributed by atoms with E-state index in [4.69, 9.17) is 0 Å². The quantitative estimate of drug-likeness (QED) is 0.797. The molecule has 0 radical (unpaired) electrons. The average Bonchev–Trinajstić information content (AvgIpc) is 2.65. The Kier molecular flexibility index (Phi) is 3.30. The third-order valence-corrected chi connectivity index (χ3v) is 3.72. The first kappa shape index (κ1) is 11.6. The number of nitrogens with zero attached hydrogens (tertiary/aromatic N) is 1. The smallest absolute Gasteiger partial charge is 0.124 e. The van der Waals surface area contributed by atoms with E-state index in [0.29, 0.717) is 6.42 Å². The standard InChI is InChI=1S/C13H13BrFN/c14-11-5-10(6-12(15)7-11)8-13(9-16)3-1-2-4-13/h5-7H,1-4,8H2. The predicted octanol–water partition coefficient (Wildman–Crippen LogP) is 4.21. The Morgan fingerprint density at radius 1 is 1.31 bits per heavy atom. The zero-order valence-corrected chi connectivity index (χ0v) is 10.6. The highest BCUT2D eigenvalue weighted by molar-refractivity contribution is 9.10. The van der Waals surface area contributed by atoms with Gasteiger partial charge in [0, 0.05) is 4.47 Å². The van der Waals surface area contributed by atoms with E-state index in [2.05, 4.69) is 22.0 Å². The van der Waals surface area contributed by atoms with Crippen LogP contribution in [0.1, 0.15) is 31.2 Å². The van der Waals surface area contributed by atoms with Gasteiger partial charge in [-0.2, -0.15) is 5.26 Å². The highest BCUT2D eigenvalue weighted by Gasteiger charge is 2.34. The molecule has 0 bridgehead atoms. The lowest BCUT2D eigenvalue weighted by atomic mass is 9.81. The third kappa shape index (κ3) is 2.44. The summed E-state index contributed by atoms with van der Waals surface area (Å²) in [5, 5.41) is 9.26. The summed E-state index contributed by atoms with van der Waals surface area (Å²) in [5.74, 6) is -0.240. The Morgan fingerprint density at radius 2 is 2.00 bits per heavy atom. The van der Waals surface area contributed by atoms with Gasteiger partial charge >= 0.3 is 0 Å². The molecule has 0 aromatic heterocycles. The Labute approximate surface area is 103 Å². The molecule has 1 nitrogen and oxygen atoms in total. The van der Waals surface area contributed by atoms with Crippen molar-refractivity contribution in [2.24, 2.45) is 5.41 Å². The molecule has 84 valence electrons. The topological polar surface area (TPSA) is 23.8 Å². The molecule has 1 saturated carbocycles. The van der Waals surface area contributed by atoms with Crippen LogP contribution in [0.4, 0.5) is 4.39 Å². The minimum absolute atomic E-state index is 0.240. The lowest BCUT2D eigenvalue weighted by molar-refractivity contribution is 0.407. The Balaban J connectivity index is 2.23. The van der Waals surface area contributed by atoms with Gasteiger partial charge in [0.05, 0.1) is 11.5 Å². The van der Waals surface area contributed by atoms with Crippen LogP contribution in [0.5, 0.6) is 0 Å². The van der Waals surface area contributed by atoms with Gasteiger partial charge < -0.3 is 0 Å². The van der Waals surface area contributed by atoms with Crippen LogP contribution in [-0.2, 0) is 6.42 Å². The molecular weight excluding hydrogens is 269 g/mol. The molecule has 1 aromatic rings. The molecular formula is C13H13BrFN. The lowest BCUT2D eigenvalue weighted by Crippen LogP contribution is -2.17. The molecule has 0 aliphatic heterocycles. The SMILES string of the molecule is N#CC1(Cc2cc(F)cc(Br)c2)CCCC1. The summed E-state index contributed by atoms with van der Waals surface area (Å²) >= 11 is 3.28. The van der Waals surface area contributed by atoms with Crippen molar-refractivity contribution >= 4 is 15.9 Å². The van der Waals surface area contributed by atoms with Crippen molar-refractivity contribution in [1.82, 2.24) is 0 Å². The first-order valence-electron chi connectivity index (χ1n) is 5.50. The maximum atomic E-state index is 13.2.